The Morgan fingerprint density at radius 1 is 1.35 bits per heavy atom. The van der Waals surface area contributed by atoms with Crippen LogP contribution in [0.4, 0.5) is 5.82 Å². The lowest BCUT2D eigenvalue weighted by Crippen LogP contribution is -2.37. The van der Waals surface area contributed by atoms with Gasteiger partial charge in [-0.25, -0.2) is 4.98 Å². The lowest BCUT2D eigenvalue weighted by atomic mass is 9.83. The van der Waals surface area contributed by atoms with Gasteiger partial charge >= 0.3 is 0 Å². The fourth-order valence-corrected chi connectivity index (χ4v) is 2.50. The minimum Gasteiger partial charge on any atom is -0.389 e. The summed E-state index contributed by atoms with van der Waals surface area (Å²) < 4.78 is 0. The average Bonchev–Trinajstić information content (AvgIpc) is 2.30. The van der Waals surface area contributed by atoms with Gasteiger partial charge in [0.05, 0.1) is 0 Å². The molecule has 0 saturated heterocycles. The van der Waals surface area contributed by atoms with Crippen molar-refractivity contribution in [2.45, 2.75) is 44.6 Å². The van der Waals surface area contributed by atoms with E-state index in [0.717, 1.165) is 11.4 Å². The molecule has 1 fully saturated rings. The van der Waals surface area contributed by atoms with Gasteiger partial charge in [-0.05, 0) is 31.9 Å². The Balaban J connectivity index is 2.05. The number of thiocarbonyl (C=S) groups is 1. The zero-order valence-corrected chi connectivity index (χ0v) is 11.0. The molecule has 0 amide bonds. The molecule has 0 spiro atoms. The molecule has 0 atom stereocenters. The number of nitrogens with one attached hydrogen (secondary N) is 1. The SMILES string of the molecule is CC1(Nc2ccc(C(N)=S)cn2)CCCCC1. The van der Waals surface area contributed by atoms with E-state index in [1.165, 1.54) is 32.1 Å². The van der Waals surface area contributed by atoms with Crippen LogP contribution in [0.1, 0.15) is 44.6 Å². The molecule has 1 aromatic heterocycles. The Morgan fingerprint density at radius 2 is 2.06 bits per heavy atom. The molecule has 1 heterocycles. The third kappa shape index (κ3) is 3.16. The maximum Gasteiger partial charge on any atom is 0.126 e. The largest absolute Gasteiger partial charge is 0.389 e. The normalized spacial score (nSPS) is 18.6. The van der Waals surface area contributed by atoms with Crippen LogP contribution in [0.2, 0.25) is 0 Å². The molecule has 17 heavy (non-hydrogen) atoms. The van der Waals surface area contributed by atoms with Gasteiger partial charge in [-0.15, -0.1) is 0 Å². The molecule has 4 heteroatoms. The van der Waals surface area contributed by atoms with Gasteiger partial charge < -0.3 is 11.1 Å². The Bertz CT molecular complexity index is 394. The smallest absolute Gasteiger partial charge is 0.126 e. The Morgan fingerprint density at radius 3 is 2.59 bits per heavy atom. The minimum atomic E-state index is 0.190. The van der Waals surface area contributed by atoms with Crippen LogP contribution in [0.5, 0.6) is 0 Å². The highest BCUT2D eigenvalue weighted by Gasteiger charge is 2.26. The van der Waals surface area contributed by atoms with Crippen LogP contribution < -0.4 is 11.1 Å². The first kappa shape index (κ1) is 12.3. The van der Waals surface area contributed by atoms with Crippen LogP contribution in [0, 0.1) is 0 Å². The Hall–Kier alpha value is -1.16. The van der Waals surface area contributed by atoms with Crippen molar-refractivity contribution in [2.75, 3.05) is 5.32 Å². The van der Waals surface area contributed by atoms with Crippen LogP contribution >= 0.6 is 12.2 Å². The summed E-state index contributed by atoms with van der Waals surface area (Å²) in [5, 5.41) is 3.53. The van der Waals surface area contributed by atoms with Crippen LogP contribution in [0.25, 0.3) is 0 Å². The summed E-state index contributed by atoms with van der Waals surface area (Å²) in [6.07, 6.45) is 8.11. The molecule has 3 N–H and O–H groups in total. The van der Waals surface area contributed by atoms with Gasteiger partial charge in [-0.3, -0.25) is 0 Å². The zero-order chi connectivity index (χ0) is 12.3. The van der Waals surface area contributed by atoms with E-state index in [2.05, 4.69) is 17.2 Å². The first-order valence-electron chi connectivity index (χ1n) is 6.13. The monoisotopic (exact) mass is 249 g/mol. The van der Waals surface area contributed by atoms with Gasteiger partial charge in [-0.2, -0.15) is 0 Å². The van der Waals surface area contributed by atoms with Crippen molar-refractivity contribution in [3.8, 4) is 0 Å². The summed E-state index contributed by atoms with van der Waals surface area (Å²) in [7, 11) is 0. The molecular formula is C13H19N3S. The molecule has 92 valence electrons. The minimum absolute atomic E-state index is 0.190. The number of hydrogen-bond donors (Lipinski definition) is 2. The molecule has 0 aliphatic heterocycles. The van der Waals surface area contributed by atoms with Gasteiger partial charge in [0.2, 0.25) is 0 Å². The lowest BCUT2D eigenvalue weighted by Gasteiger charge is -2.35. The van der Waals surface area contributed by atoms with Gasteiger partial charge in [0.25, 0.3) is 0 Å². The fraction of sp³-hybridized carbons (Fsp3) is 0.538. The molecular weight excluding hydrogens is 230 g/mol. The summed E-state index contributed by atoms with van der Waals surface area (Å²) in [4.78, 5) is 4.76. The third-order valence-electron chi connectivity index (χ3n) is 3.43. The van der Waals surface area contributed by atoms with E-state index in [-0.39, 0.29) is 5.54 Å². The van der Waals surface area contributed by atoms with Crippen LogP contribution in [-0.4, -0.2) is 15.5 Å². The van der Waals surface area contributed by atoms with Crippen molar-refractivity contribution >= 4 is 23.0 Å². The van der Waals surface area contributed by atoms with E-state index >= 15 is 0 Å². The predicted octanol–water partition coefficient (Wildman–Crippen LogP) is 2.85. The van der Waals surface area contributed by atoms with Crippen molar-refractivity contribution in [1.29, 1.82) is 0 Å². The first-order chi connectivity index (χ1) is 8.09. The van der Waals surface area contributed by atoms with Gasteiger partial charge in [0, 0.05) is 17.3 Å². The van der Waals surface area contributed by atoms with E-state index in [9.17, 15) is 0 Å². The Kier molecular flexibility index (Phi) is 3.62. The number of rotatable bonds is 3. The third-order valence-corrected chi connectivity index (χ3v) is 3.67. The number of aromatic nitrogens is 1. The van der Waals surface area contributed by atoms with E-state index < -0.39 is 0 Å². The van der Waals surface area contributed by atoms with Crippen LogP contribution in [0.15, 0.2) is 18.3 Å². The molecule has 0 unspecified atom stereocenters. The molecule has 1 aromatic rings. The highest BCUT2D eigenvalue weighted by atomic mass is 32.1. The number of nitrogens with two attached hydrogens (primary N) is 1. The highest BCUT2D eigenvalue weighted by Crippen LogP contribution is 2.30. The molecule has 3 nitrogen and oxygen atoms in total. The van der Waals surface area contributed by atoms with Gasteiger partial charge in [-0.1, -0.05) is 31.5 Å². The van der Waals surface area contributed by atoms with Crippen molar-refractivity contribution in [1.82, 2.24) is 4.98 Å². The maximum absolute atomic E-state index is 5.55. The number of pyridine rings is 1. The van der Waals surface area contributed by atoms with Crippen LogP contribution in [-0.2, 0) is 0 Å². The summed E-state index contributed by atoms with van der Waals surface area (Å²) in [5.41, 5.74) is 6.55. The van der Waals surface area contributed by atoms with Gasteiger partial charge in [0.1, 0.15) is 10.8 Å². The van der Waals surface area contributed by atoms with Crippen molar-refractivity contribution in [2.24, 2.45) is 5.73 Å². The lowest BCUT2D eigenvalue weighted by molar-refractivity contribution is 0.348. The molecule has 1 aliphatic carbocycles. The van der Waals surface area contributed by atoms with Crippen molar-refractivity contribution in [3.05, 3.63) is 23.9 Å². The fourth-order valence-electron chi connectivity index (χ4n) is 2.38. The zero-order valence-electron chi connectivity index (χ0n) is 10.2. The highest BCUT2D eigenvalue weighted by molar-refractivity contribution is 7.80. The first-order valence-corrected chi connectivity index (χ1v) is 6.54. The summed E-state index contributed by atoms with van der Waals surface area (Å²) in [6, 6.07) is 3.87. The van der Waals surface area contributed by atoms with Crippen LogP contribution in [0.3, 0.4) is 0 Å². The standard InChI is InChI=1S/C13H19N3S/c1-13(7-3-2-4-8-13)16-11-6-5-10(9-15-11)12(14)17/h5-6,9H,2-4,7-8H2,1H3,(H2,14,17)(H,15,16). The van der Waals surface area contributed by atoms with E-state index in [1.54, 1.807) is 6.20 Å². The number of anilines is 1. The second-order valence-corrected chi connectivity index (χ2v) is 5.48. The molecule has 1 saturated carbocycles. The summed E-state index contributed by atoms with van der Waals surface area (Å²) in [5.74, 6) is 0.911. The Labute approximate surface area is 108 Å². The topological polar surface area (TPSA) is 50.9 Å². The van der Waals surface area contributed by atoms with Crippen molar-refractivity contribution < 1.29 is 0 Å². The average molecular weight is 249 g/mol. The predicted molar refractivity (Wildman–Crippen MR) is 75.2 cm³/mol. The molecule has 0 radical (unpaired) electrons. The number of hydrogen-bond acceptors (Lipinski definition) is 3. The maximum atomic E-state index is 5.55. The van der Waals surface area contributed by atoms with E-state index in [1.807, 2.05) is 12.1 Å². The van der Waals surface area contributed by atoms with Gasteiger partial charge in [0.15, 0.2) is 0 Å². The van der Waals surface area contributed by atoms with E-state index in [4.69, 9.17) is 18.0 Å². The quantitative estimate of drug-likeness (QED) is 0.809. The molecule has 2 rings (SSSR count). The number of nitrogens with zero attached hydrogens (tertiary/aromatic N) is 1. The van der Waals surface area contributed by atoms with E-state index in [0.29, 0.717) is 4.99 Å². The molecule has 0 aromatic carbocycles. The summed E-state index contributed by atoms with van der Waals surface area (Å²) >= 11 is 4.91. The second kappa shape index (κ2) is 5.00. The summed E-state index contributed by atoms with van der Waals surface area (Å²) in [6.45, 7) is 2.27. The van der Waals surface area contributed by atoms with Crippen molar-refractivity contribution in [3.63, 3.8) is 0 Å². The molecule has 1 aliphatic rings. The second-order valence-electron chi connectivity index (χ2n) is 5.04. The molecule has 0 bridgehead atoms.